The number of hydrogen-bond donors (Lipinski definition) is 0. The van der Waals surface area contributed by atoms with Crippen molar-refractivity contribution >= 4 is 11.6 Å². The lowest BCUT2D eigenvalue weighted by Crippen LogP contribution is -2.46. The second-order valence-electron chi connectivity index (χ2n) is 4.68. The highest BCUT2D eigenvalue weighted by atomic mass is 19.1. The number of benzene rings is 1. The van der Waals surface area contributed by atoms with Gasteiger partial charge in [-0.1, -0.05) is 0 Å². The Morgan fingerprint density at radius 1 is 1.62 bits per heavy atom. The van der Waals surface area contributed by atoms with E-state index in [4.69, 9.17) is 9.47 Å². The third-order valence-electron chi connectivity index (χ3n) is 3.06. The van der Waals surface area contributed by atoms with Gasteiger partial charge in [0.25, 0.3) is 5.91 Å². The van der Waals surface area contributed by atoms with Gasteiger partial charge in [-0.3, -0.25) is 14.9 Å². The minimum Gasteiger partial charge on any atom is -0.477 e. The molecule has 0 spiro atoms. The lowest BCUT2D eigenvalue weighted by molar-refractivity contribution is -0.385. The maximum Gasteiger partial charge on any atom is 0.311 e. The fourth-order valence-corrected chi connectivity index (χ4v) is 2.03. The number of ether oxygens (including phenoxy) is 2. The summed E-state index contributed by atoms with van der Waals surface area (Å²) in [5.74, 6) is -1.23. The van der Waals surface area contributed by atoms with Crippen molar-refractivity contribution in [2.24, 2.45) is 0 Å². The monoisotopic (exact) mass is 298 g/mol. The van der Waals surface area contributed by atoms with E-state index in [0.29, 0.717) is 19.7 Å². The van der Waals surface area contributed by atoms with Crippen molar-refractivity contribution in [2.75, 3.05) is 26.3 Å². The van der Waals surface area contributed by atoms with Gasteiger partial charge in [-0.2, -0.15) is 0 Å². The van der Waals surface area contributed by atoms with Gasteiger partial charge in [0.05, 0.1) is 17.6 Å². The molecule has 0 saturated carbocycles. The Kier molecular flexibility index (Phi) is 4.69. The predicted molar refractivity (Wildman–Crippen MR) is 70.5 cm³/mol. The standard InChI is InChI=1S/C13H15FN2O5/c1-9-7-15(4-5-20-9)13(17)8-21-12-6-10(14)2-3-11(12)16(18)19/h2-3,6,9H,4-5,7-8H2,1H3/t9-/m1/s1. The van der Waals surface area contributed by atoms with Crippen LogP contribution < -0.4 is 4.74 Å². The molecule has 0 bridgehead atoms. The SMILES string of the molecule is C[C@@H]1CN(C(=O)COc2cc(F)ccc2[N+](=O)[O-])CCO1. The zero-order valence-corrected chi connectivity index (χ0v) is 11.5. The van der Waals surface area contributed by atoms with E-state index in [1.165, 1.54) is 0 Å². The van der Waals surface area contributed by atoms with Gasteiger partial charge in [-0.25, -0.2) is 4.39 Å². The fourth-order valence-electron chi connectivity index (χ4n) is 2.03. The quantitative estimate of drug-likeness (QED) is 0.619. The molecule has 1 aromatic carbocycles. The molecule has 0 aromatic heterocycles. The number of carbonyl (C=O) groups is 1. The van der Waals surface area contributed by atoms with Crippen molar-refractivity contribution in [3.8, 4) is 5.75 Å². The third-order valence-corrected chi connectivity index (χ3v) is 3.06. The predicted octanol–water partition coefficient (Wildman–Crippen LogP) is 1.36. The van der Waals surface area contributed by atoms with Crippen molar-refractivity contribution in [1.82, 2.24) is 4.90 Å². The number of nitrogens with zero attached hydrogens (tertiary/aromatic N) is 2. The topological polar surface area (TPSA) is 81.9 Å². The van der Waals surface area contributed by atoms with E-state index in [1.54, 1.807) is 4.90 Å². The molecule has 1 saturated heterocycles. The number of rotatable bonds is 4. The van der Waals surface area contributed by atoms with Crippen LogP contribution in [-0.2, 0) is 9.53 Å². The zero-order valence-electron chi connectivity index (χ0n) is 11.5. The highest BCUT2D eigenvalue weighted by molar-refractivity contribution is 5.78. The molecule has 1 heterocycles. The summed E-state index contributed by atoms with van der Waals surface area (Å²) in [5.41, 5.74) is -0.375. The molecular weight excluding hydrogens is 283 g/mol. The van der Waals surface area contributed by atoms with Crippen molar-refractivity contribution in [3.05, 3.63) is 34.1 Å². The number of hydrogen-bond acceptors (Lipinski definition) is 5. The van der Waals surface area contributed by atoms with Crippen LogP contribution in [0.1, 0.15) is 6.92 Å². The van der Waals surface area contributed by atoms with E-state index >= 15 is 0 Å². The Hall–Kier alpha value is -2.22. The molecule has 21 heavy (non-hydrogen) atoms. The number of amides is 1. The first-order chi connectivity index (χ1) is 9.97. The minimum absolute atomic E-state index is 0.0637. The van der Waals surface area contributed by atoms with Gasteiger partial charge in [-0.05, 0) is 13.0 Å². The third kappa shape index (κ3) is 3.88. The van der Waals surface area contributed by atoms with E-state index < -0.39 is 10.7 Å². The van der Waals surface area contributed by atoms with Crippen molar-refractivity contribution < 1.29 is 23.6 Å². The number of halogens is 1. The molecule has 2 rings (SSSR count). The molecule has 8 heteroatoms. The highest BCUT2D eigenvalue weighted by Gasteiger charge is 2.23. The van der Waals surface area contributed by atoms with Crippen LogP contribution in [0.2, 0.25) is 0 Å². The molecule has 114 valence electrons. The van der Waals surface area contributed by atoms with E-state index in [1.807, 2.05) is 6.92 Å². The molecule has 1 fully saturated rings. The van der Waals surface area contributed by atoms with Crippen molar-refractivity contribution in [3.63, 3.8) is 0 Å². The van der Waals surface area contributed by atoms with Crippen molar-refractivity contribution in [1.29, 1.82) is 0 Å². The number of nitro groups is 1. The van der Waals surface area contributed by atoms with Crippen LogP contribution in [0.15, 0.2) is 18.2 Å². The Balaban J connectivity index is 2.00. The second-order valence-corrected chi connectivity index (χ2v) is 4.68. The molecule has 1 aliphatic rings. The van der Waals surface area contributed by atoms with Gasteiger partial charge in [-0.15, -0.1) is 0 Å². The largest absolute Gasteiger partial charge is 0.477 e. The van der Waals surface area contributed by atoms with E-state index in [0.717, 1.165) is 18.2 Å². The average molecular weight is 298 g/mol. The summed E-state index contributed by atoms with van der Waals surface area (Å²) in [6.07, 6.45) is -0.0637. The molecule has 0 N–H and O–H groups in total. The smallest absolute Gasteiger partial charge is 0.311 e. The summed E-state index contributed by atoms with van der Waals surface area (Å²) in [4.78, 5) is 23.6. The first-order valence-corrected chi connectivity index (χ1v) is 6.43. The lowest BCUT2D eigenvalue weighted by atomic mass is 10.3. The number of nitro benzene ring substituents is 1. The molecule has 1 aromatic rings. The summed E-state index contributed by atoms with van der Waals surface area (Å²) >= 11 is 0. The molecule has 0 aliphatic carbocycles. The number of morpholine rings is 1. The van der Waals surface area contributed by atoms with Crippen LogP contribution in [0.25, 0.3) is 0 Å². The van der Waals surface area contributed by atoms with Gasteiger partial charge in [0, 0.05) is 25.2 Å². The summed E-state index contributed by atoms with van der Waals surface area (Å²) in [6.45, 7) is 2.78. The molecule has 1 atom stereocenters. The van der Waals surface area contributed by atoms with E-state index in [2.05, 4.69) is 0 Å². The Labute approximate surface area is 120 Å². The molecule has 1 amide bonds. The summed E-state index contributed by atoms with van der Waals surface area (Å²) in [5, 5.41) is 10.8. The van der Waals surface area contributed by atoms with E-state index in [9.17, 15) is 19.3 Å². The van der Waals surface area contributed by atoms with Crippen LogP contribution in [0, 0.1) is 15.9 Å². The zero-order chi connectivity index (χ0) is 15.4. The minimum atomic E-state index is -0.684. The van der Waals surface area contributed by atoms with E-state index in [-0.39, 0.29) is 30.1 Å². The lowest BCUT2D eigenvalue weighted by Gasteiger charge is -2.31. The second kappa shape index (κ2) is 6.49. The maximum atomic E-state index is 13.1. The van der Waals surface area contributed by atoms with Crippen LogP contribution in [0.3, 0.4) is 0 Å². The van der Waals surface area contributed by atoms with Crippen LogP contribution in [-0.4, -0.2) is 48.1 Å². The molecule has 0 radical (unpaired) electrons. The number of carbonyl (C=O) groups excluding carboxylic acids is 1. The normalized spacial score (nSPS) is 18.4. The average Bonchev–Trinajstić information content (AvgIpc) is 2.44. The van der Waals surface area contributed by atoms with Gasteiger partial charge in [0.15, 0.2) is 6.61 Å². The molecular formula is C13H15FN2O5. The molecule has 1 aliphatic heterocycles. The van der Waals surface area contributed by atoms with Gasteiger partial charge >= 0.3 is 5.69 Å². The van der Waals surface area contributed by atoms with Crippen molar-refractivity contribution in [2.45, 2.75) is 13.0 Å². The summed E-state index contributed by atoms with van der Waals surface area (Å²) < 4.78 is 23.6. The first-order valence-electron chi connectivity index (χ1n) is 6.43. The van der Waals surface area contributed by atoms with Crippen LogP contribution in [0.5, 0.6) is 5.75 Å². The molecule has 0 unspecified atom stereocenters. The highest BCUT2D eigenvalue weighted by Crippen LogP contribution is 2.27. The van der Waals surface area contributed by atoms with Crippen LogP contribution >= 0.6 is 0 Å². The van der Waals surface area contributed by atoms with Gasteiger partial charge in [0.2, 0.25) is 5.75 Å². The Bertz CT molecular complexity index is 551. The maximum absolute atomic E-state index is 13.1. The fraction of sp³-hybridized carbons (Fsp3) is 0.462. The Morgan fingerprint density at radius 2 is 2.38 bits per heavy atom. The van der Waals surface area contributed by atoms with Gasteiger partial charge in [0.1, 0.15) is 5.82 Å². The Morgan fingerprint density at radius 3 is 3.05 bits per heavy atom. The van der Waals surface area contributed by atoms with Gasteiger partial charge < -0.3 is 14.4 Å². The summed E-state index contributed by atoms with van der Waals surface area (Å²) in [7, 11) is 0. The summed E-state index contributed by atoms with van der Waals surface area (Å²) in [6, 6.07) is 2.87. The van der Waals surface area contributed by atoms with Crippen LogP contribution in [0.4, 0.5) is 10.1 Å². The molecule has 7 nitrogen and oxygen atoms in total. The first kappa shape index (κ1) is 15.2.